The van der Waals surface area contributed by atoms with Crippen molar-refractivity contribution in [2.24, 2.45) is 0 Å². The van der Waals surface area contributed by atoms with Crippen LogP contribution < -0.4 is 9.47 Å². The molecule has 1 aromatic heterocycles. The molecule has 0 unspecified atom stereocenters. The van der Waals surface area contributed by atoms with Crippen LogP contribution >= 0.6 is 11.3 Å². The lowest BCUT2D eigenvalue weighted by atomic mass is 10.1. The van der Waals surface area contributed by atoms with Crippen molar-refractivity contribution in [3.63, 3.8) is 0 Å². The van der Waals surface area contributed by atoms with Crippen molar-refractivity contribution < 1.29 is 14.3 Å². The fourth-order valence-corrected chi connectivity index (χ4v) is 4.89. The fourth-order valence-electron chi connectivity index (χ4n) is 3.85. The van der Waals surface area contributed by atoms with Gasteiger partial charge in [-0.25, -0.2) is 4.98 Å². The van der Waals surface area contributed by atoms with Crippen molar-refractivity contribution in [1.82, 2.24) is 14.8 Å². The summed E-state index contributed by atoms with van der Waals surface area (Å²) in [5.74, 6) is 1.72. The number of thiazole rings is 1. The van der Waals surface area contributed by atoms with Gasteiger partial charge in [0.2, 0.25) is 6.79 Å². The van der Waals surface area contributed by atoms with E-state index in [4.69, 9.17) is 9.47 Å². The highest BCUT2D eigenvalue weighted by Crippen LogP contribution is 2.33. The van der Waals surface area contributed by atoms with Gasteiger partial charge in [0.05, 0.1) is 5.69 Å². The second-order valence-corrected chi connectivity index (χ2v) is 8.55. The molecule has 1 amide bonds. The van der Waals surface area contributed by atoms with Gasteiger partial charge in [-0.05, 0) is 24.6 Å². The Bertz CT molecular complexity index is 1060. The first-order valence-corrected chi connectivity index (χ1v) is 10.9. The predicted octanol–water partition coefficient (Wildman–Crippen LogP) is 3.81. The van der Waals surface area contributed by atoms with Crippen molar-refractivity contribution in [3.8, 4) is 22.1 Å². The fraction of sp³-hybridized carbons (Fsp3) is 0.304. The van der Waals surface area contributed by atoms with Crippen molar-refractivity contribution in [1.29, 1.82) is 0 Å². The Morgan fingerprint density at radius 3 is 2.60 bits per heavy atom. The number of carbonyl (C=O) groups is 1. The van der Waals surface area contributed by atoms with Crippen LogP contribution in [0.25, 0.3) is 10.6 Å². The molecule has 2 aliphatic rings. The number of amides is 1. The van der Waals surface area contributed by atoms with Crippen LogP contribution in [0.2, 0.25) is 0 Å². The van der Waals surface area contributed by atoms with E-state index < -0.39 is 0 Å². The number of rotatable bonds is 4. The van der Waals surface area contributed by atoms with E-state index >= 15 is 0 Å². The average Bonchev–Trinajstić information content (AvgIpc) is 3.40. The molecule has 0 atom stereocenters. The van der Waals surface area contributed by atoms with Crippen LogP contribution in [0.15, 0.2) is 48.5 Å². The highest BCUT2D eigenvalue weighted by atomic mass is 32.1. The van der Waals surface area contributed by atoms with E-state index in [1.165, 1.54) is 16.9 Å². The summed E-state index contributed by atoms with van der Waals surface area (Å²) < 4.78 is 10.9. The topological polar surface area (TPSA) is 54.9 Å². The second kappa shape index (κ2) is 8.08. The average molecular weight is 422 g/mol. The van der Waals surface area contributed by atoms with Crippen molar-refractivity contribution in [2.45, 2.75) is 13.5 Å². The Hall–Kier alpha value is -2.90. The summed E-state index contributed by atoms with van der Waals surface area (Å²) in [6.45, 7) is 6.21. The van der Waals surface area contributed by atoms with Crippen LogP contribution in [0.1, 0.15) is 20.9 Å². The van der Waals surface area contributed by atoms with E-state index in [-0.39, 0.29) is 5.91 Å². The molecule has 0 spiro atoms. The number of ether oxygens (including phenoxy) is 2. The normalized spacial score (nSPS) is 16.1. The summed E-state index contributed by atoms with van der Waals surface area (Å²) in [6, 6.07) is 16.1. The van der Waals surface area contributed by atoms with Gasteiger partial charge < -0.3 is 14.4 Å². The van der Waals surface area contributed by atoms with E-state index in [2.05, 4.69) is 16.0 Å². The van der Waals surface area contributed by atoms with Crippen LogP contribution in [0.4, 0.5) is 0 Å². The molecule has 7 heteroatoms. The third kappa shape index (κ3) is 3.78. The maximum atomic E-state index is 13.1. The third-order valence-corrected chi connectivity index (χ3v) is 6.71. The van der Waals surface area contributed by atoms with Crippen LogP contribution in [0, 0.1) is 6.92 Å². The Kier molecular flexibility index (Phi) is 5.14. The minimum atomic E-state index is 0.0925. The molecule has 2 aliphatic heterocycles. The Morgan fingerprint density at radius 2 is 1.80 bits per heavy atom. The monoisotopic (exact) mass is 421 g/mol. The highest BCUT2D eigenvalue weighted by molar-refractivity contribution is 7.17. The molecule has 30 heavy (non-hydrogen) atoms. The standard InChI is InChI=1S/C23H23N3O3S/c1-16-21(30-22(24-16)18-5-3-2-4-6-18)23(27)26-11-9-25(10-12-26)14-17-7-8-19-20(13-17)29-15-28-19/h2-8,13H,9-12,14-15H2,1H3. The van der Waals surface area contributed by atoms with Gasteiger partial charge in [-0.2, -0.15) is 0 Å². The molecule has 5 rings (SSSR count). The highest BCUT2D eigenvalue weighted by Gasteiger charge is 2.26. The van der Waals surface area contributed by atoms with Crippen LogP contribution in [-0.2, 0) is 6.54 Å². The molecule has 0 aliphatic carbocycles. The molecule has 0 radical (unpaired) electrons. The van der Waals surface area contributed by atoms with Crippen LogP contribution in [-0.4, -0.2) is 53.7 Å². The summed E-state index contributed by atoms with van der Waals surface area (Å²) in [6.07, 6.45) is 0. The van der Waals surface area contributed by atoms with Gasteiger partial charge in [0, 0.05) is 38.3 Å². The molecule has 1 saturated heterocycles. The lowest BCUT2D eigenvalue weighted by Crippen LogP contribution is -2.48. The summed E-state index contributed by atoms with van der Waals surface area (Å²) in [7, 11) is 0. The van der Waals surface area contributed by atoms with Gasteiger partial charge in [0.1, 0.15) is 9.88 Å². The minimum Gasteiger partial charge on any atom is -0.454 e. The van der Waals surface area contributed by atoms with Gasteiger partial charge in [0.25, 0.3) is 5.91 Å². The molecule has 0 saturated carbocycles. The van der Waals surface area contributed by atoms with E-state index in [1.54, 1.807) is 0 Å². The van der Waals surface area contributed by atoms with Gasteiger partial charge in [-0.1, -0.05) is 36.4 Å². The lowest BCUT2D eigenvalue weighted by molar-refractivity contribution is 0.0632. The number of aryl methyl sites for hydroxylation is 1. The SMILES string of the molecule is Cc1nc(-c2ccccc2)sc1C(=O)N1CCN(Cc2ccc3c(c2)OCO3)CC1. The summed E-state index contributed by atoms with van der Waals surface area (Å²) in [5.41, 5.74) is 3.06. The molecule has 0 N–H and O–H groups in total. The quantitative estimate of drug-likeness (QED) is 0.641. The van der Waals surface area contributed by atoms with Crippen molar-refractivity contribution in [2.75, 3.05) is 33.0 Å². The van der Waals surface area contributed by atoms with E-state index in [0.29, 0.717) is 6.79 Å². The summed E-state index contributed by atoms with van der Waals surface area (Å²) >= 11 is 1.49. The molecule has 2 aromatic carbocycles. The number of hydrogen-bond acceptors (Lipinski definition) is 6. The zero-order valence-corrected chi connectivity index (χ0v) is 17.7. The largest absolute Gasteiger partial charge is 0.454 e. The summed E-state index contributed by atoms with van der Waals surface area (Å²) in [4.78, 5) is 22.8. The van der Waals surface area contributed by atoms with Gasteiger partial charge in [0.15, 0.2) is 11.5 Å². The number of benzene rings is 2. The molecule has 3 aromatic rings. The molecule has 6 nitrogen and oxygen atoms in total. The zero-order valence-electron chi connectivity index (χ0n) is 16.8. The predicted molar refractivity (Wildman–Crippen MR) is 116 cm³/mol. The smallest absolute Gasteiger partial charge is 0.265 e. The lowest BCUT2D eigenvalue weighted by Gasteiger charge is -2.34. The van der Waals surface area contributed by atoms with E-state index in [1.807, 2.05) is 54.3 Å². The first kappa shape index (κ1) is 19.1. The van der Waals surface area contributed by atoms with E-state index in [0.717, 1.165) is 65.4 Å². The van der Waals surface area contributed by atoms with Gasteiger partial charge in [-0.3, -0.25) is 9.69 Å². The van der Waals surface area contributed by atoms with Crippen LogP contribution in [0.5, 0.6) is 11.5 Å². The Labute approximate surface area is 179 Å². The van der Waals surface area contributed by atoms with Gasteiger partial charge in [-0.15, -0.1) is 11.3 Å². The maximum absolute atomic E-state index is 13.1. The third-order valence-electron chi connectivity index (χ3n) is 5.51. The van der Waals surface area contributed by atoms with Crippen molar-refractivity contribution in [3.05, 3.63) is 64.7 Å². The molecular formula is C23H23N3O3S. The Morgan fingerprint density at radius 1 is 1.03 bits per heavy atom. The number of hydrogen-bond donors (Lipinski definition) is 0. The van der Waals surface area contributed by atoms with Gasteiger partial charge >= 0.3 is 0 Å². The first-order chi connectivity index (χ1) is 14.7. The second-order valence-electron chi connectivity index (χ2n) is 7.56. The maximum Gasteiger partial charge on any atom is 0.265 e. The van der Waals surface area contributed by atoms with E-state index in [9.17, 15) is 4.79 Å². The number of carbonyl (C=O) groups excluding carboxylic acids is 1. The molecule has 0 bridgehead atoms. The zero-order chi connectivity index (χ0) is 20.5. The Balaban J connectivity index is 1.21. The molecule has 3 heterocycles. The molecule has 1 fully saturated rings. The number of fused-ring (bicyclic) bond motifs is 1. The number of piperazine rings is 1. The van der Waals surface area contributed by atoms with Crippen LogP contribution in [0.3, 0.4) is 0 Å². The molecule has 154 valence electrons. The summed E-state index contributed by atoms with van der Waals surface area (Å²) in [5, 5.41) is 0.901. The number of aromatic nitrogens is 1. The molecular weight excluding hydrogens is 398 g/mol. The first-order valence-electron chi connectivity index (χ1n) is 10.1. The van der Waals surface area contributed by atoms with Crippen molar-refractivity contribution >= 4 is 17.2 Å². The number of nitrogens with zero attached hydrogens (tertiary/aromatic N) is 3. The minimum absolute atomic E-state index is 0.0925.